The number of aryl methyl sites for hydroxylation is 1. The summed E-state index contributed by atoms with van der Waals surface area (Å²) in [6.45, 7) is 0. The van der Waals surface area contributed by atoms with E-state index < -0.39 is 0 Å². The Labute approximate surface area is 111 Å². The minimum atomic E-state index is 0. The van der Waals surface area contributed by atoms with Crippen molar-refractivity contribution in [1.82, 2.24) is 4.57 Å². The highest BCUT2D eigenvalue weighted by Crippen LogP contribution is 2.15. The number of aromatic nitrogens is 2. The highest BCUT2D eigenvalue weighted by Gasteiger charge is 2.12. The van der Waals surface area contributed by atoms with Gasteiger partial charge in [-0.25, -0.2) is 0 Å². The number of hydrogen-bond acceptors (Lipinski definition) is 0. The van der Waals surface area contributed by atoms with Gasteiger partial charge in [-0.1, -0.05) is 0 Å². The Bertz CT molecular complexity index is 638. The van der Waals surface area contributed by atoms with Gasteiger partial charge in [0, 0.05) is 37.5 Å². The van der Waals surface area contributed by atoms with Crippen molar-refractivity contribution in [3.8, 4) is 11.4 Å². The molecule has 0 spiro atoms. The highest BCUT2D eigenvalue weighted by molar-refractivity contribution is 5.54. The van der Waals surface area contributed by atoms with Crippen LogP contribution in [0.25, 0.3) is 16.9 Å². The number of fused-ring (bicyclic) bond motifs is 1. The average Bonchev–Trinajstić information content (AvgIpc) is 2.75. The van der Waals surface area contributed by atoms with E-state index in [4.69, 9.17) is 0 Å². The maximum absolute atomic E-state index is 2.20. The number of hydrogen-bond donors (Lipinski definition) is 0. The van der Waals surface area contributed by atoms with Crippen molar-refractivity contribution in [3.63, 3.8) is 0 Å². The van der Waals surface area contributed by atoms with Gasteiger partial charge in [0.1, 0.15) is 5.69 Å². The Hall–Kier alpha value is -1.61. The van der Waals surface area contributed by atoms with E-state index >= 15 is 0 Å². The summed E-state index contributed by atoms with van der Waals surface area (Å²) in [6.07, 6.45) is 4.16. The first kappa shape index (κ1) is 11.9. The van der Waals surface area contributed by atoms with Crippen LogP contribution in [0.4, 0.5) is 0 Å². The molecule has 0 saturated heterocycles. The lowest BCUT2D eigenvalue weighted by Gasteiger charge is -2.00. The number of nitrogens with zero attached hydrogens (tertiary/aromatic N) is 2. The van der Waals surface area contributed by atoms with Crippen LogP contribution in [0.2, 0.25) is 0 Å². The Morgan fingerprint density at radius 3 is 2.53 bits per heavy atom. The van der Waals surface area contributed by atoms with Gasteiger partial charge in [-0.3, -0.25) is 0 Å². The Kier molecular flexibility index (Phi) is 3.29. The molecule has 0 amide bonds. The molecule has 3 heteroatoms. The van der Waals surface area contributed by atoms with Crippen LogP contribution in [0, 0.1) is 0 Å². The summed E-state index contributed by atoms with van der Waals surface area (Å²) in [5.74, 6) is 0. The van der Waals surface area contributed by atoms with Crippen molar-refractivity contribution in [1.29, 1.82) is 0 Å². The Balaban J connectivity index is 0.00000108. The van der Waals surface area contributed by atoms with Crippen molar-refractivity contribution < 1.29 is 21.4 Å². The molecule has 2 nitrogen and oxygen atoms in total. The molecule has 3 aromatic heterocycles. The molecule has 0 fully saturated rings. The third-order valence-corrected chi connectivity index (χ3v) is 2.88. The van der Waals surface area contributed by atoms with Gasteiger partial charge < -0.3 is 21.5 Å². The topological polar surface area (TPSA) is 9.03 Å². The van der Waals surface area contributed by atoms with Crippen LogP contribution >= 0.6 is 0 Å². The van der Waals surface area contributed by atoms with Gasteiger partial charge in [0.2, 0.25) is 11.2 Å². The molecular formula is C14H13BrN2. The second kappa shape index (κ2) is 4.72. The van der Waals surface area contributed by atoms with E-state index in [-0.39, 0.29) is 17.0 Å². The summed E-state index contributed by atoms with van der Waals surface area (Å²) in [5.41, 5.74) is 3.65. The lowest BCUT2D eigenvalue weighted by atomic mass is 10.2. The molecule has 0 N–H and O–H groups in total. The van der Waals surface area contributed by atoms with Crippen molar-refractivity contribution in [3.05, 3.63) is 60.9 Å². The van der Waals surface area contributed by atoms with E-state index in [0.717, 1.165) is 0 Å². The normalized spacial score (nSPS) is 10.2. The average molecular weight is 289 g/mol. The lowest BCUT2D eigenvalue weighted by Crippen LogP contribution is -3.00. The summed E-state index contributed by atoms with van der Waals surface area (Å²) in [7, 11) is 2.07. The van der Waals surface area contributed by atoms with E-state index in [9.17, 15) is 0 Å². The highest BCUT2D eigenvalue weighted by atomic mass is 79.9. The summed E-state index contributed by atoms with van der Waals surface area (Å²) < 4.78 is 4.34. The van der Waals surface area contributed by atoms with E-state index in [1.54, 1.807) is 0 Å². The quantitative estimate of drug-likeness (QED) is 0.531. The first-order chi connectivity index (χ1) is 7.86. The molecule has 0 saturated carbocycles. The van der Waals surface area contributed by atoms with Crippen molar-refractivity contribution in [2.45, 2.75) is 0 Å². The molecular weight excluding hydrogens is 276 g/mol. The Morgan fingerprint density at radius 1 is 0.941 bits per heavy atom. The summed E-state index contributed by atoms with van der Waals surface area (Å²) in [4.78, 5) is 0. The minimum Gasteiger partial charge on any atom is -1.00 e. The maximum Gasteiger partial charge on any atom is 0.234 e. The first-order valence-corrected chi connectivity index (χ1v) is 5.37. The second-order valence-electron chi connectivity index (χ2n) is 3.91. The molecule has 0 aliphatic carbocycles. The van der Waals surface area contributed by atoms with Crippen LogP contribution in [-0.2, 0) is 7.05 Å². The van der Waals surface area contributed by atoms with Crippen LogP contribution in [0.5, 0.6) is 0 Å². The van der Waals surface area contributed by atoms with E-state index in [0.29, 0.717) is 0 Å². The standard InChI is InChI=1S/C14H13N2.BrH/c1-15-10-5-9-13(15)14-8-4-7-12-6-2-3-11-16(12)14;/h2-11H,1H3;1H/q+1;/p-1. The zero-order valence-electron chi connectivity index (χ0n) is 9.55. The predicted molar refractivity (Wildman–Crippen MR) is 64.0 cm³/mol. The van der Waals surface area contributed by atoms with Crippen LogP contribution in [-0.4, -0.2) is 4.57 Å². The molecule has 17 heavy (non-hydrogen) atoms. The van der Waals surface area contributed by atoms with Gasteiger partial charge >= 0.3 is 0 Å². The number of pyridine rings is 2. The van der Waals surface area contributed by atoms with Gasteiger partial charge in [0.05, 0.1) is 0 Å². The van der Waals surface area contributed by atoms with Gasteiger partial charge in [-0.15, -0.1) is 0 Å². The molecule has 0 aromatic carbocycles. The van der Waals surface area contributed by atoms with Crippen molar-refractivity contribution in [2.24, 2.45) is 7.05 Å². The molecule has 86 valence electrons. The van der Waals surface area contributed by atoms with Gasteiger partial charge in [-0.05, 0) is 24.3 Å². The van der Waals surface area contributed by atoms with Crippen molar-refractivity contribution >= 4 is 5.52 Å². The molecule has 0 unspecified atom stereocenters. The SMILES string of the molecule is Cn1cccc1-c1cccc2cccc[n+]12.[Br-]. The fraction of sp³-hybridized carbons (Fsp3) is 0.0714. The van der Waals surface area contributed by atoms with E-state index in [2.05, 4.69) is 76.9 Å². The first-order valence-electron chi connectivity index (χ1n) is 5.37. The van der Waals surface area contributed by atoms with Gasteiger partial charge in [-0.2, -0.15) is 4.40 Å². The van der Waals surface area contributed by atoms with Crippen LogP contribution in [0.15, 0.2) is 60.9 Å². The summed E-state index contributed by atoms with van der Waals surface area (Å²) >= 11 is 0. The summed E-state index contributed by atoms with van der Waals surface area (Å²) in [5, 5.41) is 0. The molecule has 0 aliphatic heterocycles. The summed E-state index contributed by atoms with van der Waals surface area (Å²) in [6, 6.07) is 16.8. The van der Waals surface area contributed by atoms with Crippen LogP contribution in [0.1, 0.15) is 0 Å². The monoisotopic (exact) mass is 288 g/mol. The number of rotatable bonds is 1. The zero-order valence-corrected chi connectivity index (χ0v) is 11.1. The third kappa shape index (κ3) is 1.98. The molecule has 3 rings (SSSR count). The molecule has 0 atom stereocenters. The molecule has 0 aliphatic rings. The van der Waals surface area contributed by atoms with Crippen LogP contribution < -0.4 is 21.4 Å². The second-order valence-corrected chi connectivity index (χ2v) is 3.91. The smallest absolute Gasteiger partial charge is 0.234 e. The Morgan fingerprint density at radius 2 is 1.76 bits per heavy atom. The maximum atomic E-state index is 2.20. The molecule has 0 radical (unpaired) electrons. The van der Waals surface area contributed by atoms with Crippen molar-refractivity contribution in [2.75, 3.05) is 0 Å². The third-order valence-electron chi connectivity index (χ3n) is 2.88. The van der Waals surface area contributed by atoms with Crippen LogP contribution in [0.3, 0.4) is 0 Å². The van der Waals surface area contributed by atoms with Gasteiger partial charge in [0.25, 0.3) is 0 Å². The van der Waals surface area contributed by atoms with Gasteiger partial charge in [0.15, 0.2) is 6.20 Å². The fourth-order valence-corrected chi connectivity index (χ4v) is 2.07. The number of halogens is 1. The van der Waals surface area contributed by atoms with E-state index in [1.807, 2.05) is 0 Å². The predicted octanol–water partition coefficient (Wildman–Crippen LogP) is -0.565. The lowest BCUT2D eigenvalue weighted by molar-refractivity contribution is -0.499. The van der Waals surface area contributed by atoms with E-state index in [1.165, 1.54) is 16.9 Å². The fourth-order valence-electron chi connectivity index (χ4n) is 2.07. The largest absolute Gasteiger partial charge is 1.00 e. The minimum absolute atomic E-state index is 0. The molecule has 3 heterocycles. The zero-order chi connectivity index (χ0) is 11.0. The molecule has 0 bridgehead atoms. The molecule has 3 aromatic rings.